The molecule has 1 rings (SSSR count). The lowest BCUT2D eigenvalue weighted by molar-refractivity contribution is -0.138. The number of carboxylic acids is 1. The van der Waals surface area contributed by atoms with E-state index in [4.69, 9.17) is 15.9 Å². The molecule has 1 aliphatic rings. The zero-order valence-electron chi connectivity index (χ0n) is 9.91. The number of amides is 3. The summed E-state index contributed by atoms with van der Waals surface area (Å²) in [5, 5.41) is 17.6. The predicted molar refractivity (Wildman–Crippen MR) is 60.6 cm³/mol. The molecule has 18 heavy (non-hydrogen) atoms. The molecule has 0 aromatic carbocycles. The molecule has 3 amide bonds. The van der Waals surface area contributed by atoms with E-state index < -0.39 is 31.0 Å². The maximum Gasteiger partial charge on any atom is 0.323 e. The zero-order valence-corrected chi connectivity index (χ0v) is 9.91. The van der Waals surface area contributed by atoms with Crippen molar-refractivity contribution in [3.8, 4) is 0 Å². The minimum atomic E-state index is -1.22. The Bertz CT molecular complexity index is 326. The third-order valence-corrected chi connectivity index (χ3v) is 2.52. The zero-order chi connectivity index (χ0) is 13.7. The fourth-order valence-corrected chi connectivity index (χ4v) is 1.65. The summed E-state index contributed by atoms with van der Waals surface area (Å²) in [5.41, 5.74) is 4.98. The summed E-state index contributed by atoms with van der Waals surface area (Å²) in [7, 11) is 0. The molecule has 8 nitrogen and oxygen atoms in total. The van der Waals surface area contributed by atoms with Gasteiger partial charge in [-0.15, -0.1) is 0 Å². The normalized spacial score (nSPS) is 14.1. The standard InChI is InChI=1S/C10H17N3O5/c11-8(15)5-12(6-9(16)17)10(18)13(3-4-14)7-1-2-7/h7,14H,1-6H2,(H2,11,15)(H,16,17). The Hall–Kier alpha value is -1.83. The van der Waals surface area contributed by atoms with Gasteiger partial charge in [0.2, 0.25) is 5.91 Å². The van der Waals surface area contributed by atoms with E-state index in [1.807, 2.05) is 0 Å². The third-order valence-electron chi connectivity index (χ3n) is 2.52. The Balaban J connectivity index is 2.71. The van der Waals surface area contributed by atoms with E-state index in [0.29, 0.717) is 0 Å². The van der Waals surface area contributed by atoms with Crippen molar-refractivity contribution >= 4 is 17.9 Å². The number of primary amides is 1. The van der Waals surface area contributed by atoms with E-state index in [0.717, 1.165) is 17.7 Å². The molecular weight excluding hydrogens is 242 g/mol. The second-order valence-electron chi connectivity index (χ2n) is 4.15. The number of carbonyl (C=O) groups is 3. The number of aliphatic hydroxyl groups excluding tert-OH is 1. The molecule has 0 atom stereocenters. The molecule has 0 aliphatic heterocycles. The number of hydrogen-bond acceptors (Lipinski definition) is 4. The largest absolute Gasteiger partial charge is 0.480 e. The predicted octanol–water partition coefficient (Wildman–Crippen LogP) is -1.56. The minimum absolute atomic E-state index is 0.0221. The van der Waals surface area contributed by atoms with Gasteiger partial charge in [0, 0.05) is 12.6 Å². The molecule has 8 heteroatoms. The first-order valence-electron chi connectivity index (χ1n) is 5.62. The molecule has 0 bridgehead atoms. The first-order chi connectivity index (χ1) is 8.45. The summed E-state index contributed by atoms with van der Waals surface area (Å²) in [6.45, 7) is -1.12. The average Bonchev–Trinajstić information content (AvgIpc) is 3.06. The highest BCUT2D eigenvalue weighted by atomic mass is 16.4. The Morgan fingerprint density at radius 3 is 2.22 bits per heavy atom. The van der Waals surface area contributed by atoms with Gasteiger partial charge >= 0.3 is 12.0 Å². The topological polar surface area (TPSA) is 124 Å². The van der Waals surface area contributed by atoms with Crippen LogP contribution in [0.3, 0.4) is 0 Å². The summed E-state index contributed by atoms with van der Waals surface area (Å²) in [6.07, 6.45) is 1.65. The van der Waals surface area contributed by atoms with Crippen molar-refractivity contribution in [3.63, 3.8) is 0 Å². The molecule has 0 spiro atoms. The fraction of sp³-hybridized carbons (Fsp3) is 0.700. The maximum absolute atomic E-state index is 12.1. The lowest BCUT2D eigenvalue weighted by Crippen LogP contribution is -2.50. The van der Waals surface area contributed by atoms with E-state index in [9.17, 15) is 14.4 Å². The number of aliphatic hydroxyl groups is 1. The summed E-state index contributed by atoms with van der Waals surface area (Å²) in [6, 6.07) is -0.554. The first kappa shape index (κ1) is 14.2. The van der Waals surface area contributed by atoms with E-state index in [2.05, 4.69) is 0 Å². The van der Waals surface area contributed by atoms with Gasteiger partial charge in [-0.25, -0.2) is 4.79 Å². The highest BCUT2D eigenvalue weighted by Crippen LogP contribution is 2.27. The van der Waals surface area contributed by atoms with Crippen LogP contribution in [-0.4, -0.2) is 70.2 Å². The summed E-state index contributed by atoms with van der Waals surface area (Å²) in [4.78, 5) is 35.8. The molecule has 1 aliphatic carbocycles. The van der Waals surface area contributed by atoms with Gasteiger partial charge in [0.05, 0.1) is 6.61 Å². The number of nitrogens with two attached hydrogens (primary N) is 1. The number of urea groups is 1. The van der Waals surface area contributed by atoms with Gasteiger partial charge in [0.15, 0.2) is 0 Å². The molecule has 4 N–H and O–H groups in total. The Morgan fingerprint density at radius 1 is 1.22 bits per heavy atom. The van der Waals surface area contributed by atoms with Crippen molar-refractivity contribution in [1.82, 2.24) is 9.80 Å². The minimum Gasteiger partial charge on any atom is -0.480 e. The van der Waals surface area contributed by atoms with Gasteiger partial charge in [-0.2, -0.15) is 0 Å². The van der Waals surface area contributed by atoms with Gasteiger partial charge in [0.25, 0.3) is 0 Å². The Kier molecular flexibility index (Phi) is 4.90. The fourth-order valence-electron chi connectivity index (χ4n) is 1.65. The molecule has 1 fully saturated rings. The number of nitrogens with zero attached hydrogens (tertiary/aromatic N) is 2. The molecular formula is C10H17N3O5. The SMILES string of the molecule is NC(=O)CN(CC(=O)O)C(=O)N(CCO)C1CC1. The number of hydrogen-bond donors (Lipinski definition) is 3. The monoisotopic (exact) mass is 259 g/mol. The molecule has 0 unspecified atom stereocenters. The van der Waals surface area contributed by atoms with Crippen LogP contribution < -0.4 is 5.73 Å². The van der Waals surface area contributed by atoms with Crippen molar-refractivity contribution < 1.29 is 24.6 Å². The second-order valence-corrected chi connectivity index (χ2v) is 4.15. The number of aliphatic carboxylic acids is 1. The number of carbonyl (C=O) groups excluding carboxylic acids is 2. The van der Waals surface area contributed by atoms with Crippen molar-refractivity contribution in [3.05, 3.63) is 0 Å². The van der Waals surface area contributed by atoms with Crippen molar-refractivity contribution in [2.45, 2.75) is 18.9 Å². The van der Waals surface area contributed by atoms with Crippen LogP contribution in [0.2, 0.25) is 0 Å². The van der Waals surface area contributed by atoms with Crippen LogP contribution in [0, 0.1) is 0 Å². The number of rotatable bonds is 7. The molecule has 0 heterocycles. The van der Waals surface area contributed by atoms with E-state index in [1.54, 1.807) is 0 Å². The lowest BCUT2D eigenvalue weighted by Gasteiger charge is -2.28. The smallest absolute Gasteiger partial charge is 0.323 e. The van der Waals surface area contributed by atoms with Crippen LogP contribution in [0.4, 0.5) is 4.79 Å². The molecule has 1 saturated carbocycles. The van der Waals surface area contributed by atoms with Crippen molar-refractivity contribution in [2.75, 3.05) is 26.2 Å². The maximum atomic E-state index is 12.1. The van der Waals surface area contributed by atoms with Crippen LogP contribution in [0.1, 0.15) is 12.8 Å². The van der Waals surface area contributed by atoms with Gasteiger partial charge in [0.1, 0.15) is 13.1 Å². The van der Waals surface area contributed by atoms with Crippen LogP contribution >= 0.6 is 0 Å². The Morgan fingerprint density at radius 2 is 1.83 bits per heavy atom. The van der Waals surface area contributed by atoms with Gasteiger partial charge in [-0.3, -0.25) is 9.59 Å². The summed E-state index contributed by atoms with van der Waals surface area (Å²) in [5.74, 6) is -1.99. The average molecular weight is 259 g/mol. The molecule has 0 saturated heterocycles. The number of carboxylic acid groups (broad SMARTS) is 1. The lowest BCUT2D eigenvalue weighted by atomic mass is 10.4. The second kappa shape index (κ2) is 6.20. The van der Waals surface area contributed by atoms with E-state index >= 15 is 0 Å². The van der Waals surface area contributed by atoms with E-state index in [-0.39, 0.29) is 19.2 Å². The molecule has 0 radical (unpaired) electrons. The molecule has 102 valence electrons. The van der Waals surface area contributed by atoms with Gasteiger partial charge < -0.3 is 25.7 Å². The van der Waals surface area contributed by atoms with Crippen LogP contribution in [-0.2, 0) is 9.59 Å². The van der Waals surface area contributed by atoms with Crippen LogP contribution in [0.25, 0.3) is 0 Å². The highest BCUT2D eigenvalue weighted by Gasteiger charge is 2.35. The summed E-state index contributed by atoms with van der Waals surface area (Å²) >= 11 is 0. The van der Waals surface area contributed by atoms with Crippen LogP contribution in [0.5, 0.6) is 0 Å². The van der Waals surface area contributed by atoms with E-state index in [1.165, 1.54) is 4.90 Å². The third kappa shape index (κ3) is 4.21. The van der Waals surface area contributed by atoms with Crippen molar-refractivity contribution in [1.29, 1.82) is 0 Å². The van der Waals surface area contributed by atoms with Crippen LogP contribution in [0.15, 0.2) is 0 Å². The quantitative estimate of drug-likeness (QED) is 0.509. The van der Waals surface area contributed by atoms with Crippen molar-refractivity contribution in [2.24, 2.45) is 5.73 Å². The molecule has 0 aromatic heterocycles. The van der Waals surface area contributed by atoms with Gasteiger partial charge in [-0.1, -0.05) is 0 Å². The Labute approximate surface area is 104 Å². The first-order valence-corrected chi connectivity index (χ1v) is 5.62. The summed E-state index contributed by atoms with van der Waals surface area (Å²) < 4.78 is 0. The molecule has 0 aromatic rings. The highest BCUT2D eigenvalue weighted by molar-refractivity contribution is 5.86. The van der Waals surface area contributed by atoms with Gasteiger partial charge in [-0.05, 0) is 12.8 Å².